The van der Waals surface area contributed by atoms with Crippen molar-refractivity contribution in [3.8, 4) is 0 Å². The molecule has 4 nitrogen and oxygen atoms in total. The second-order valence-electron chi connectivity index (χ2n) is 5.45. The number of rotatable bonds is 2. The molecule has 4 heteroatoms. The van der Waals surface area contributed by atoms with Crippen molar-refractivity contribution in [2.24, 2.45) is 0 Å². The van der Waals surface area contributed by atoms with Crippen molar-refractivity contribution in [1.29, 1.82) is 0 Å². The third kappa shape index (κ3) is 4.39. The smallest absolute Gasteiger partial charge is 0.410 e. The zero-order valence-corrected chi connectivity index (χ0v) is 11.0. The first kappa shape index (κ1) is 13.3. The highest BCUT2D eigenvalue weighted by molar-refractivity contribution is 5.68. The Morgan fingerprint density at radius 2 is 1.94 bits per heavy atom. The van der Waals surface area contributed by atoms with Crippen LogP contribution in [0.1, 0.15) is 40.5 Å². The fourth-order valence-electron chi connectivity index (χ4n) is 1.98. The summed E-state index contributed by atoms with van der Waals surface area (Å²) in [4.78, 5) is 13.6. The standard InChI is InChI=1S/C12H24N2O2/c1-5-13-10-6-8-14(9-7-10)11(15)16-12(2,3)4/h10,13H,5-9H2,1-4H3/p+1. The van der Waals surface area contributed by atoms with Gasteiger partial charge in [0, 0.05) is 25.9 Å². The van der Waals surface area contributed by atoms with E-state index < -0.39 is 0 Å². The Hall–Kier alpha value is -0.770. The number of amides is 1. The molecular formula is C12H25N2O2+. The Morgan fingerprint density at radius 1 is 1.38 bits per heavy atom. The number of likely N-dealkylation sites (tertiary alicyclic amines) is 1. The highest BCUT2D eigenvalue weighted by Gasteiger charge is 2.27. The lowest BCUT2D eigenvalue weighted by atomic mass is 10.1. The highest BCUT2D eigenvalue weighted by atomic mass is 16.6. The van der Waals surface area contributed by atoms with Gasteiger partial charge in [0.15, 0.2) is 0 Å². The zero-order chi connectivity index (χ0) is 12.2. The predicted molar refractivity (Wildman–Crippen MR) is 63.3 cm³/mol. The fraction of sp³-hybridized carbons (Fsp3) is 0.917. The number of carbonyl (C=O) groups is 1. The summed E-state index contributed by atoms with van der Waals surface area (Å²) in [6, 6.07) is 0.684. The minimum Gasteiger partial charge on any atom is -0.444 e. The normalized spacial score (nSPS) is 18.6. The van der Waals surface area contributed by atoms with Gasteiger partial charge in [0.2, 0.25) is 0 Å². The van der Waals surface area contributed by atoms with Crippen LogP contribution < -0.4 is 5.32 Å². The Balaban J connectivity index is 2.33. The summed E-state index contributed by atoms with van der Waals surface area (Å²) in [6.45, 7) is 10.7. The van der Waals surface area contributed by atoms with E-state index in [1.54, 1.807) is 0 Å². The molecule has 1 saturated heterocycles. The molecule has 0 unspecified atom stereocenters. The quantitative estimate of drug-likeness (QED) is 0.767. The lowest BCUT2D eigenvalue weighted by Crippen LogP contribution is -2.90. The van der Waals surface area contributed by atoms with E-state index in [0.29, 0.717) is 6.04 Å². The number of carbonyl (C=O) groups excluding carboxylic acids is 1. The SMILES string of the molecule is CC[NH2+]C1CCN(C(=O)OC(C)(C)C)CC1. The van der Waals surface area contributed by atoms with Crippen molar-refractivity contribution < 1.29 is 14.8 Å². The molecule has 1 amide bonds. The molecule has 0 bridgehead atoms. The van der Waals surface area contributed by atoms with Gasteiger partial charge in [-0.05, 0) is 27.7 Å². The van der Waals surface area contributed by atoms with E-state index in [-0.39, 0.29) is 11.7 Å². The maximum absolute atomic E-state index is 11.8. The Bertz CT molecular complexity index is 228. The minimum atomic E-state index is -0.385. The van der Waals surface area contributed by atoms with Gasteiger partial charge in [-0.15, -0.1) is 0 Å². The van der Waals surface area contributed by atoms with Gasteiger partial charge in [0.25, 0.3) is 0 Å². The summed E-state index contributed by atoms with van der Waals surface area (Å²) < 4.78 is 5.35. The molecular weight excluding hydrogens is 204 g/mol. The zero-order valence-electron chi connectivity index (χ0n) is 11.0. The van der Waals surface area contributed by atoms with Crippen molar-refractivity contribution in [3.05, 3.63) is 0 Å². The number of hydrogen-bond acceptors (Lipinski definition) is 2. The van der Waals surface area contributed by atoms with Gasteiger partial charge in [-0.1, -0.05) is 0 Å². The molecule has 0 aromatic rings. The number of piperidine rings is 1. The summed E-state index contributed by atoms with van der Waals surface area (Å²) in [5, 5.41) is 2.35. The van der Waals surface area contributed by atoms with Crippen LogP contribution in [-0.2, 0) is 4.74 Å². The molecule has 0 aromatic heterocycles. The second kappa shape index (κ2) is 5.53. The first-order chi connectivity index (χ1) is 7.42. The van der Waals surface area contributed by atoms with E-state index in [1.807, 2.05) is 25.7 Å². The van der Waals surface area contributed by atoms with Crippen LogP contribution in [0.4, 0.5) is 4.79 Å². The fourth-order valence-corrected chi connectivity index (χ4v) is 1.98. The van der Waals surface area contributed by atoms with Crippen LogP contribution in [0, 0.1) is 0 Å². The van der Waals surface area contributed by atoms with Crippen LogP contribution in [-0.4, -0.2) is 42.3 Å². The average Bonchev–Trinajstić information content (AvgIpc) is 2.16. The van der Waals surface area contributed by atoms with Crippen LogP contribution in [0.5, 0.6) is 0 Å². The van der Waals surface area contributed by atoms with Crippen LogP contribution in [0.15, 0.2) is 0 Å². The molecule has 0 saturated carbocycles. The van der Waals surface area contributed by atoms with Gasteiger partial charge in [0.1, 0.15) is 5.60 Å². The van der Waals surface area contributed by atoms with E-state index in [0.717, 1.165) is 32.5 Å². The molecule has 1 aliphatic rings. The summed E-state index contributed by atoms with van der Waals surface area (Å²) in [5.74, 6) is 0. The first-order valence-electron chi connectivity index (χ1n) is 6.23. The third-order valence-electron chi connectivity index (χ3n) is 2.76. The average molecular weight is 229 g/mol. The molecule has 1 aliphatic heterocycles. The number of hydrogen-bond donors (Lipinski definition) is 1. The number of ether oxygens (including phenoxy) is 1. The first-order valence-corrected chi connectivity index (χ1v) is 6.23. The van der Waals surface area contributed by atoms with Gasteiger partial charge in [-0.3, -0.25) is 0 Å². The van der Waals surface area contributed by atoms with Gasteiger partial charge < -0.3 is 15.0 Å². The van der Waals surface area contributed by atoms with E-state index in [4.69, 9.17) is 4.74 Å². The molecule has 1 heterocycles. The molecule has 0 aromatic carbocycles. The largest absolute Gasteiger partial charge is 0.444 e. The molecule has 1 fully saturated rings. The third-order valence-corrected chi connectivity index (χ3v) is 2.76. The van der Waals surface area contributed by atoms with Crippen molar-refractivity contribution in [3.63, 3.8) is 0 Å². The van der Waals surface area contributed by atoms with Gasteiger partial charge in [-0.25, -0.2) is 4.79 Å². The van der Waals surface area contributed by atoms with Crippen LogP contribution in [0.2, 0.25) is 0 Å². The van der Waals surface area contributed by atoms with E-state index in [9.17, 15) is 4.79 Å². The molecule has 16 heavy (non-hydrogen) atoms. The molecule has 0 spiro atoms. The minimum absolute atomic E-state index is 0.164. The van der Waals surface area contributed by atoms with Crippen molar-refractivity contribution >= 4 is 6.09 Å². The number of nitrogens with zero attached hydrogens (tertiary/aromatic N) is 1. The van der Waals surface area contributed by atoms with Crippen LogP contribution >= 0.6 is 0 Å². The van der Waals surface area contributed by atoms with Crippen LogP contribution in [0.25, 0.3) is 0 Å². The molecule has 94 valence electrons. The Morgan fingerprint density at radius 3 is 2.38 bits per heavy atom. The van der Waals surface area contributed by atoms with E-state index in [1.165, 1.54) is 0 Å². The van der Waals surface area contributed by atoms with Crippen LogP contribution in [0.3, 0.4) is 0 Å². The van der Waals surface area contributed by atoms with Crippen molar-refractivity contribution in [2.75, 3.05) is 19.6 Å². The molecule has 0 atom stereocenters. The Kier molecular flexibility index (Phi) is 4.59. The second-order valence-corrected chi connectivity index (χ2v) is 5.45. The van der Waals surface area contributed by atoms with Crippen molar-refractivity contribution in [2.45, 2.75) is 52.2 Å². The van der Waals surface area contributed by atoms with E-state index in [2.05, 4.69) is 12.2 Å². The van der Waals surface area contributed by atoms with Gasteiger partial charge >= 0.3 is 6.09 Å². The summed E-state index contributed by atoms with van der Waals surface area (Å²) in [6.07, 6.45) is 1.99. The Labute approximate surface area is 98.3 Å². The molecule has 0 radical (unpaired) electrons. The molecule has 2 N–H and O–H groups in total. The monoisotopic (exact) mass is 229 g/mol. The molecule has 1 rings (SSSR count). The lowest BCUT2D eigenvalue weighted by Gasteiger charge is -2.32. The number of nitrogens with two attached hydrogens (primary N) is 1. The summed E-state index contributed by atoms with van der Waals surface area (Å²) >= 11 is 0. The van der Waals surface area contributed by atoms with Gasteiger partial charge in [0.05, 0.1) is 12.6 Å². The lowest BCUT2D eigenvalue weighted by molar-refractivity contribution is -0.688. The predicted octanol–water partition coefficient (Wildman–Crippen LogP) is 0.969. The number of quaternary nitrogens is 1. The maximum atomic E-state index is 11.8. The topological polar surface area (TPSA) is 46.2 Å². The summed E-state index contributed by atoms with van der Waals surface area (Å²) in [5.41, 5.74) is -0.385. The maximum Gasteiger partial charge on any atom is 0.410 e. The van der Waals surface area contributed by atoms with Crippen molar-refractivity contribution in [1.82, 2.24) is 4.90 Å². The molecule has 0 aliphatic carbocycles. The van der Waals surface area contributed by atoms with E-state index >= 15 is 0 Å². The summed E-state index contributed by atoms with van der Waals surface area (Å²) in [7, 11) is 0. The van der Waals surface area contributed by atoms with Gasteiger partial charge in [-0.2, -0.15) is 0 Å². The highest BCUT2D eigenvalue weighted by Crippen LogP contribution is 2.13.